The van der Waals surface area contributed by atoms with Crippen molar-refractivity contribution in [3.63, 3.8) is 0 Å². The van der Waals surface area contributed by atoms with Crippen LogP contribution in [0.5, 0.6) is 0 Å². The summed E-state index contributed by atoms with van der Waals surface area (Å²) in [6, 6.07) is 1.06. The van der Waals surface area contributed by atoms with Gasteiger partial charge in [-0.25, -0.2) is 8.42 Å². The molecule has 0 fully saturated rings. The highest BCUT2D eigenvalue weighted by Crippen LogP contribution is 3.02. The number of aliphatic hydroxyl groups is 1. The molecule has 0 heterocycles. The van der Waals surface area contributed by atoms with Gasteiger partial charge in [-0.3, -0.25) is 4.79 Å². The Kier molecular flexibility index (Phi) is 5.38. The predicted octanol–water partition coefficient (Wildman–Crippen LogP) is 7.16. The van der Waals surface area contributed by atoms with Crippen molar-refractivity contribution in [2.75, 3.05) is 11.1 Å². The van der Waals surface area contributed by atoms with Crippen molar-refractivity contribution in [1.29, 1.82) is 0 Å². The molecule has 0 bridgehead atoms. The fourth-order valence-electron chi connectivity index (χ4n) is 2.49. The van der Waals surface area contributed by atoms with E-state index in [2.05, 4.69) is 0 Å². The van der Waals surface area contributed by atoms with Crippen molar-refractivity contribution in [2.24, 2.45) is 0 Å². The molecule has 0 aliphatic heterocycles. The molecule has 1 unspecified atom stereocenters. The van der Waals surface area contributed by atoms with Crippen molar-refractivity contribution in [3.05, 3.63) is 48.5 Å². The minimum Gasteiger partial charge on any atom is -0.379 e. The van der Waals surface area contributed by atoms with Crippen LogP contribution in [0.4, 0.5) is 44.5 Å². The van der Waals surface area contributed by atoms with Gasteiger partial charge in [0.2, 0.25) is 0 Å². The first-order chi connectivity index (χ1) is 14.5. The topological polar surface area (TPSA) is 83.5 Å². The van der Waals surface area contributed by atoms with Gasteiger partial charge in [-0.1, -0.05) is 44.9 Å². The average molecular weight is 571 g/mol. The van der Waals surface area contributed by atoms with E-state index in [0.29, 0.717) is 31.2 Å². The molecule has 5 nitrogen and oxygen atoms in total. The Bertz CT molecular complexity index is 1260. The van der Waals surface area contributed by atoms with Gasteiger partial charge < -0.3 is 10.4 Å². The molecule has 0 aliphatic carbocycles. The molecule has 2 aromatic carbocycles. The van der Waals surface area contributed by atoms with Gasteiger partial charge in [0.05, 0.1) is 10.6 Å². The first-order valence-corrected chi connectivity index (χ1v) is 14.0. The summed E-state index contributed by atoms with van der Waals surface area (Å²) in [5.41, 5.74) is -3.52. The molecular weight excluding hydrogens is 556 g/mol. The summed E-state index contributed by atoms with van der Waals surface area (Å²) in [5.74, 6) is -3.22. The first-order valence-electron chi connectivity index (χ1n) is 8.45. The summed E-state index contributed by atoms with van der Waals surface area (Å²) in [6.45, 7) is 0.567. The maximum atomic E-state index is 13.0. The molecule has 2 N–H and O–H groups in total. The van der Waals surface area contributed by atoms with Crippen molar-refractivity contribution in [2.45, 2.75) is 27.2 Å². The fraction of sp³-hybridized carbons (Fsp3) is 0.188. The average Bonchev–Trinajstić information content (AvgIpc) is 2.57. The molecule has 0 saturated carbocycles. The van der Waals surface area contributed by atoms with Gasteiger partial charge >= 0.3 is 20.4 Å². The van der Waals surface area contributed by atoms with E-state index in [0.717, 1.165) is 0 Å². The highest BCUT2D eigenvalue weighted by atomic mass is 32.5. The quantitative estimate of drug-likeness (QED) is 0.346. The Hall–Kier alpha value is -2.18. The molecule has 0 saturated heterocycles. The second kappa shape index (κ2) is 6.52. The molecular formula is C16H15F10NO4S3. The summed E-state index contributed by atoms with van der Waals surface area (Å²) in [6.07, 6.45) is 0. The zero-order chi connectivity index (χ0) is 26.8. The molecule has 2 rings (SSSR count). The number of sulfone groups is 1. The number of nitrogens with one attached hydrogen (secondary N) is 1. The Balaban J connectivity index is 2.29. The van der Waals surface area contributed by atoms with Gasteiger partial charge in [-0.05, 0) is 49.4 Å². The van der Waals surface area contributed by atoms with Crippen LogP contribution in [0.1, 0.15) is 6.92 Å². The van der Waals surface area contributed by atoms with Crippen molar-refractivity contribution in [1.82, 2.24) is 0 Å². The lowest BCUT2D eigenvalue weighted by Gasteiger charge is -2.40. The highest BCUT2D eigenvalue weighted by Gasteiger charge is 2.66. The van der Waals surface area contributed by atoms with Gasteiger partial charge in [-0.2, -0.15) is 0 Å². The lowest BCUT2D eigenvalue weighted by molar-refractivity contribution is -0.130. The molecule has 196 valence electrons. The summed E-state index contributed by atoms with van der Waals surface area (Å²) < 4.78 is 153. The summed E-state index contributed by atoms with van der Waals surface area (Å²) in [7, 11) is -25.3. The third kappa shape index (κ3) is 6.92. The van der Waals surface area contributed by atoms with Crippen LogP contribution in [0, 0.1) is 0 Å². The molecule has 0 spiro atoms. The Labute approximate surface area is 186 Å². The van der Waals surface area contributed by atoms with Crippen LogP contribution in [0.2, 0.25) is 0 Å². The predicted molar refractivity (Wildman–Crippen MR) is 107 cm³/mol. The van der Waals surface area contributed by atoms with Gasteiger partial charge in [0.15, 0.2) is 15.4 Å². The van der Waals surface area contributed by atoms with Crippen molar-refractivity contribution in [3.8, 4) is 0 Å². The van der Waals surface area contributed by atoms with Crippen LogP contribution in [0.25, 0.3) is 0 Å². The minimum absolute atomic E-state index is 0.0679. The lowest BCUT2D eigenvalue weighted by atomic mass is 10.1. The van der Waals surface area contributed by atoms with Crippen LogP contribution in [0.15, 0.2) is 63.2 Å². The van der Waals surface area contributed by atoms with E-state index < -0.39 is 67.9 Å². The third-order valence-electron chi connectivity index (χ3n) is 4.13. The normalized spacial score (nSPS) is 19.1. The smallest absolute Gasteiger partial charge is 0.310 e. The van der Waals surface area contributed by atoms with E-state index in [9.17, 15) is 57.2 Å². The molecule has 0 aliphatic rings. The SMILES string of the molecule is CC(O)(CS(=O)(=O)c1cccc(S(F)(F)(F)(F)F)c1)C(=O)Nc1ccc(S(F)(F)(F)(F)F)cc1. The number of hydrogen-bond acceptors (Lipinski definition) is 4. The Morgan fingerprint density at radius 2 is 1.32 bits per heavy atom. The number of halogens is 10. The molecule has 0 aromatic heterocycles. The van der Waals surface area contributed by atoms with Crippen LogP contribution < -0.4 is 5.32 Å². The molecule has 0 radical (unpaired) electrons. The molecule has 2 aromatic rings. The van der Waals surface area contributed by atoms with Crippen molar-refractivity contribution < 1.29 is 57.2 Å². The second-order valence-corrected chi connectivity index (χ2v) is 14.2. The summed E-state index contributed by atoms with van der Waals surface area (Å²) >= 11 is 0. The zero-order valence-corrected chi connectivity index (χ0v) is 19.0. The summed E-state index contributed by atoms with van der Waals surface area (Å²) in [4.78, 5) is 6.07. The van der Waals surface area contributed by atoms with E-state index in [1.165, 1.54) is 0 Å². The third-order valence-corrected chi connectivity index (χ3v) is 8.35. The second-order valence-electron chi connectivity index (χ2n) is 7.42. The number of rotatable bonds is 7. The van der Waals surface area contributed by atoms with E-state index in [4.69, 9.17) is 0 Å². The van der Waals surface area contributed by atoms with Crippen LogP contribution >= 0.6 is 20.4 Å². The Morgan fingerprint density at radius 1 is 0.853 bits per heavy atom. The number of anilines is 1. The van der Waals surface area contributed by atoms with Crippen LogP contribution in [-0.2, 0) is 14.6 Å². The lowest BCUT2D eigenvalue weighted by Crippen LogP contribution is -2.45. The Morgan fingerprint density at radius 3 is 1.76 bits per heavy atom. The standard InChI is InChI=1S/C16H15F10NO4S3/c1-16(29,15(28)27-11-5-7-13(8-6-11)33(17,18,19,20)21)10-32(30,31)12-3-2-4-14(9-12)34(22,23,24,25)26/h2-9,29H,10H2,1H3,(H,27,28). The molecule has 34 heavy (non-hydrogen) atoms. The van der Waals surface area contributed by atoms with E-state index in [1.807, 2.05) is 0 Å². The molecule has 1 atom stereocenters. The highest BCUT2D eigenvalue weighted by molar-refractivity contribution is 8.46. The van der Waals surface area contributed by atoms with E-state index >= 15 is 0 Å². The number of carbonyl (C=O) groups excluding carboxylic acids is 1. The van der Waals surface area contributed by atoms with Crippen LogP contribution in [-0.4, -0.2) is 30.8 Å². The molecule has 18 heteroatoms. The fourth-order valence-corrected chi connectivity index (χ4v) is 5.53. The number of amides is 1. The zero-order valence-electron chi connectivity index (χ0n) is 16.5. The minimum atomic E-state index is -10.3. The maximum absolute atomic E-state index is 13.0. The molecule has 1 amide bonds. The first kappa shape index (κ1) is 28.1. The maximum Gasteiger partial charge on any atom is 0.310 e. The van der Waals surface area contributed by atoms with Gasteiger partial charge in [0.1, 0.15) is 9.79 Å². The van der Waals surface area contributed by atoms with Gasteiger partial charge in [0.25, 0.3) is 5.91 Å². The van der Waals surface area contributed by atoms with E-state index in [1.54, 1.807) is 5.32 Å². The summed E-state index contributed by atoms with van der Waals surface area (Å²) in [5, 5.41) is 12.0. The van der Waals surface area contributed by atoms with E-state index in [-0.39, 0.29) is 24.3 Å². The van der Waals surface area contributed by atoms with Gasteiger partial charge in [0, 0.05) is 5.69 Å². The van der Waals surface area contributed by atoms with Crippen LogP contribution in [0.3, 0.4) is 0 Å². The largest absolute Gasteiger partial charge is 0.379 e. The van der Waals surface area contributed by atoms with Gasteiger partial charge in [-0.15, -0.1) is 0 Å². The number of carbonyl (C=O) groups is 1. The number of hydrogen-bond donors (Lipinski definition) is 2. The number of benzene rings is 2. The monoisotopic (exact) mass is 571 g/mol. The van der Waals surface area contributed by atoms with Crippen molar-refractivity contribution >= 4 is 41.9 Å².